The van der Waals surface area contributed by atoms with Crippen LogP contribution < -0.4 is 0 Å². The van der Waals surface area contributed by atoms with E-state index in [9.17, 15) is 0 Å². The van der Waals surface area contributed by atoms with E-state index in [1.54, 1.807) is 0 Å². The van der Waals surface area contributed by atoms with Gasteiger partial charge in [0.05, 0.1) is 12.7 Å². The molecule has 1 aromatic rings. The van der Waals surface area contributed by atoms with Gasteiger partial charge in [-0.2, -0.15) is 0 Å². The second-order valence-corrected chi connectivity index (χ2v) is 6.04. The molecule has 2 rings (SSSR count). The van der Waals surface area contributed by atoms with E-state index < -0.39 is 0 Å². The lowest BCUT2D eigenvalue weighted by Gasteiger charge is -2.34. The summed E-state index contributed by atoms with van der Waals surface area (Å²) in [4.78, 5) is 0. The Balaban J connectivity index is 1.94. The van der Waals surface area contributed by atoms with Crippen molar-refractivity contribution in [3.05, 3.63) is 34.9 Å². The van der Waals surface area contributed by atoms with Gasteiger partial charge in [0.2, 0.25) is 0 Å². The number of hydrogen-bond donors (Lipinski definition) is 0. The Morgan fingerprint density at radius 2 is 1.94 bits per heavy atom. The van der Waals surface area contributed by atoms with Crippen LogP contribution in [0.3, 0.4) is 0 Å². The monoisotopic (exact) mass is 266 g/mol. The zero-order chi connectivity index (χ0) is 13.0. The van der Waals surface area contributed by atoms with Crippen LogP contribution in [0.15, 0.2) is 24.3 Å². The van der Waals surface area contributed by atoms with Gasteiger partial charge >= 0.3 is 0 Å². The predicted octanol–water partition coefficient (Wildman–Crippen LogP) is 5.07. The van der Waals surface area contributed by atoms with Crippen LogP contribution in [0.5, 0.6) is 0 Å². The van der Waals surface area contributed by atoms with Crippen LogP contribution in [0.1, 0.15) is 45.1 Å². The molecule has 2 atom stereocenters. The molecule has 0 amide bonds. The fourth-order valence-corrected chi connectivity index (χ4v) is 3.10. The summed E-state index contributed by atoms with van der Waals surface area (Å²) in [7, 11) is 0. The SMILES string of the molecule is CC(C)[C@@H]1CCCC[C@H]1OCc1ccccc1Cl. The first kappa shape index (κ1) is 13.9. The van der Waals surface area contributed by atoms with Crippen molar-refractivity contribution in [3.8, 4) is 0 Å². The minimum atomic E-state index is 0.412. The molecule has 1 aliphatic carbocycles. The molecule has 1 aromatic carbocycles. The van der Waals surface area contributed by atoms with Crippen LogP contribution in [0.4, 0.5) is 0 Å². The molecule has 0 saturated heterocycles. The summed E-state index contributed by atoms with van der Waals surface area (Å²) >= 11 is 6.16. The molecule has 18 heavy (non-hydrogen) atoms. The number of benzene rings is 1. The van der Waals surface area contributed by atoms with E-state index in [0.29, 0.717) is 24.5 Å². The molecule has 100 valence electrons. The number of ether oxygens (including phenoxy) is 1. The molecule has 0 radical (unpaired) electrons. The van der Waals surface area contributed by atoms with Gasteiger partial charge in [-0.15, -0.1) is 0 Å². The Labute approximate surface area is 115 Å². The molecular weight excluding hydrogens is 244 g/mol. The molecule has 1 nitrogen and oxygen atoms in total. The fraction of sp³-hybridized carbons (Fsp3) is 0.625. The van der Waals surface area contributed by atoms with Crippen molar-refractivity contribution in [3.63, 3.8) is 0 Å². The van der Waals surface area contributed by atoms with Gasteiger partial charge in [-0.1, -0.05) is 56.5 Å². The molecule has 1 saturated carbocycles. The first-order chi connectivity index (χ1) is 8.68. The average Bonchev–Trinajstić information content (AvgIpc) is 2.38. The second kappa shape index (κ2) is 6.58. The highest BCUT2D eigenvalue weighted by molar-refractivity contribution is 6.31. The number of rotatable bonds is 4. The average molecular weight is 267 g/mol. The molecule has 0 aliphatic heterocycles. The van der Waals surface area contributed by atoms with Crippen molar-refractivity contribution in [1.82, 2.24) is 0 Å². The lowest BCUT2D eigenvalue weighted by molar-refractivity contribution is -0.0353. The van der Waals surface area contributed by atoms with Crippen LogP contribution in [0.25, 0.3) is 0 Å². The predicted molar refractivity (Wildman–Crippen MR) is 76.8 cm³/mol. The highest BCUT2D eigenvalue weighted by Gasteiger charge is 2.28. The molecule has 0 spiro atoms. The molecule has 2 heteroatoms. The van der Waals surface area contributed by atoms with Gasteiger partial charge in [0.25, 0.3) is 0 Å². The molecule has 0 N–H and O–H groups in total. The van der Waals surface area contributed by atoms with E-state index in [1.807, 2.05) is 18.2 Å². The maximum absolute atomic E-state index is 6.16. The highest BCUT2D eigenvalue weighted by atomic mass is 35.5. The largest absolute Gasteiger partial charge is 0.373 e. The fourth-order valence-electron chi connectivity index (χ4n) is 2.91. The Bertz CT molecular complexity index is 375. The summed E-state index contributed by atoms with van der Waals surface area (Å²) in [5.41, 5.74) is 1.10. The van der Waals surface area contributed by atoms with Gasteiger partial charge in [-0.25, -0.2) is 0 Å². The summed E-state index contributed by atoms with van der Waals surface area (Å²) in [6.45, 7) is 5.26. The van der Waals surface area contributed by atoms with Crippen LogP contribution in [-0.4, -0.2) is 6.10 Å². The minimum Gasteiger partial charge on any atom is -0.373 e. The third-order valence-electron chi connectivity index (χ3n) is 4.02. The molecule has 0 heterocycles. The van der Waals surface area contributed by atoms with E-state index in [-0.39, 0.29) is 0 Å². The van der Waals surface area contributed by atoms with Crippen LogP contribution in [-0.2, 0) is 11.3 Å². The quantitative estimate of drug-likeness (QED) is 0.739. The number of halogens is 1. The standard InChI is InChI=1S/C16H23ClO/c1-12(2)14-8-4-6-10-16(14)18-11-13-7-3-5-9-15(13)17/h3,5,7,9,12,14,16H,4,6,8,10-11H2,1-2H3/t14-,16+/m0/s1. The Morgan fingerprint density at radius 1 is 1.22 bits per heavy atom. The maximum Gasteiger partial charge on any atom is 0.0735 e. The Morgan fingerprint density at radius 3 is 2.67 bits per heavy atom. The van der Waals surface area contributed by atoms with Crippen molar-refractivity contribution < 1.29 is 4.74 Å². The topological polar surface area (TPSA) is 9.23 Å². The molecular formula is C16H23ClO. The van der Waals surface area contributed by atoms with E-state index in [0.717, 1.165) is 10.6 Å². The molecule has 0 unspecified atom stereocenters. The minimum absolute atomic E-state index is 0.412. The van der Waals surface area contributed by atoms with Crippen LogP contribution in [0.2, 0.25) is 5.02 Å². The zero-order valence-corrected chi connectivity index (χ0v) is 12.1. The first-order valence-electron chi connectivity index (χ1n) is 7.03. The third kappa shape index (κ3) is 3.49. The van der Waals surface area contributed by atoms with Gasteiger partial charge in [-0.3, -0.25) is 0 Å². The normalized spacial score (nSPS) is 24.4. The summed E-state index contributed by atoms with van der Waals surface area (Å²) in [6.07, 6.45) is 5.58. The maximum atomic E-state index is 6.16. The Hall–Kier alpha value is -0.530. The summed E-state index contributed by atoms with van der Waals surface area (Å²) in [5, 5.41) is 0.814. The molecule has 0 bridgehead atoms. The zero-order valence-electron chi connectivity index (χ0n) is 11.4. The highest BCUT2D eigenvalue weighted by Crippen LogP contribution is 2.33. The van der Waals surface area contributed by atoms with Crippen LogP contribution >= 0.6 is 11.6 Å². The summed E-state index contributed by atoms with van der Waals surface area (Å²) < 4.78 is 6.14. The summed E-state index contributed by atoms with van der Waals surface area (Å²) in [5.74, 6) is 1.42. The van der Waals surface area contributed by atoms with Gasteiger partial charge in [-0.05, 0) is 36.3 Å². The second-order valence-electron chi connectivity index (χ2n) is 5.63. The van der Waals surface area contributed by atoms with Crippen molar-refractivity contribution in [2.24, 2.45) is 11.8 Å². The van der Waals surface area contributed by atoms with Gasteiger partial charge in [0.15, 0.2) is 0 Å². The van der Waals surface area contributed by atoms with Crippen molar-refractivity contribution in [1.29, 1.82) is 0 Å². The van der Waals surface area contributed by atoms with E-state index in [4.69, 9.17) is 16.3 Å². The summed E-state index contributed by atoms with van der Waals surface area (Å²) in [6, 6.07) is 7.96. The molecule has 1 fully saturated rings. The lowest BCUT2D eigenvalue weighted by atomic mass is 9.79. The Kier molecular flexibility index (Phi) is 5.08. The lowest BCUT2D eigenvalue weighted by Crippen LogP contribution is -2.31. The first-order valence-corrected chi connectivity index (χ1v) is 7.41. The molecule has 1 aliphatic rings. The van der Waals surface area contributed by atoms with Gasteiger partial charge in [0.1, 0.15) is 0 Å². The molecule has 0 aromatic heterocycles. The van der Waals surface area contributed by atoms with E-state index >= 15 is 0 Å². The van der Waals surface area contributed by atoms with E-state index in [1.165, 1.54) is 25.7 Å². The smallest absolute Gasteiger partial charge is 0.0735 e. The van der Waals surface area contributed by atoms with Crippen LogP contribution in [0, 0.1) is 11.8 Å². The van der Waals surface area contributed by atoms with Crippen molar-refractivity contribution >= 4 is 11.6 Å². The number of hydrogen-bond acceptors (Lipinski definition) is 1. The van der Waals surface area contributed by atoms with Gasteiger partial charge in [0, 0.05) is 5.02 Å². The van der Waals surface area contributed by atoms with Crippen molar-refractivity contribution in [2.75, 3.05) is 0 Å². The van der Waals surface area contributed by atoms with E-state index in [2.05, 4.69) is 19.9 Å². The third-order valence-corrected chi connectivity index (χ3v) is 4.39. The van der Waals surface area contributed by atoms with Crippen molar-refractivity contribution in [2.45, 2.75) is 52.2 Å². The van der Waals surface area contributed by atoms with Gasteiger partial charge < -0.3 is 4.74 Å².